The van der Waals surface area contributed by atoms with E-state index in [2.05, 4.69) is 35.4 Å². The third-order valence-electron chi connectivity index (χ3n) is 7.27. The van der Waals surface area contributed by atoms with Crippen molar-refractivity contribution in [1.29, 1.82) is 0 Å². The maximum absolute atomic E-state index is 13.3. The molecule has 0 bridgehead atoms. The highest BCUT2D eigenvalue weighted by atomic mass is 32.1. The Bertz CT molecular complexity index is 1280. The number of carbonyl (C=O) groups excluding carboxylic acids is 2. The summed E-state index contributed by atoms with van der Waals surface area (Å²) in [6.45, 7) is 4.69. The number of alkyl halides is 3. The Morgan fingerprint density at radius 1 is 0.892 bits per heavy atom. The van der Waals surface area contributed by atoms with E-state index in [1.54, 1.807) is 21.1 Å². The minimum atomic E-state index is -4.44. The van der Waals surface area contributed by atoms with Crippen LogP contribution in [0.15, 0.2) is 60.0 Å². The molecule has 0 aliphatic carbocycles. The van der Waals surface area contributed by atoms with E-state index in [1.807, 2.05) is 12.1 Å². The molecule has 3 aromatic rings. The number of amides is 2. The van der Waals surface area contributed by atoms with Crippen LogP contribution in [-0.2, 0) is 17.4 Å². The summed E-state index contributed by atoms with van der Waals surface area (Å²) in [7, 11) is 0. The average Bonchev–Trinajstić information content (AvgIpc) is 3.37. The van der Waals surface area contributed by atoms with E-state index < -0.39 is 11.7 Å². The monoisotopic (exact) mass is 527 g/mol. The van der Waals surface area contributed by atoms with Gasteiger partial charge >= 0.3 is 6.18 Å². The first-order chi connectivity index (χ1) is 17.7. The molecule has 2 amide bonds. The number of benzene rings is 2. The van der Waals surface area contributed by atoms with E-state index in [-0.39, 0.29) is 23.4 Å². The topological polar surface area (TPSA) is 43.9 Å². The second kappa shape index (κ2) is 10.3. The zero-order valence-electron chi connectivity index (χ0n) is 20.5. The van der Waals surface area contributed by atoms with Crippen molar-refractivity contribution in [3.63, 3.8) is 0 Å². The molecule has 1 fully saturated rings. The summed E-state index contributed by atoms with van der Waals surface area (Å²) in [6.07, 6.45) is -3.52. The summed E-state index contributed by atoms with van der Waals surface area (Å²) in [5, 5.41) is 2.12. The fourth-order valence-electron chi connectivity index (χ4n) is 5.21. The Kier molecular flexibility index (Phi) is 7.09. The molecular formula is C28H28F3N3O2S. The number of rotatable bonds is 4. The molecule has 0 spiro atoms. The molecule has 5 rings (SSSR count). The molecule has 9 heteroatoms. The third-order valence-corrected chi connectivity index (χ3v) is 8.26. The number of nitrogens with zero attached hydrogens (tertiary/aromatic N) is 3. The summed E-state index contributed by atoms with van der Waals surface area (Å²) in [5.74, 6) is -0.291. The first-order valence-electron chi connectivity index (χ1n) is 12.3. The van der Waals surface area contributed by atoms with E-state index in [9.17, 15) is 22.8 Å². The smallest absolute Gasteiger partial charge is 0.338 e. The van der Waals surface area contributed by atoms with E-state index in [0.29, 0.717) is 32.7 Å². The Morgan fingerprint density at radius 2 is 1.57 bits per heavy atom. The lowest BCUT2D eigenvalue weighted by Crippen LogP contribution is -2.53. The van der Waals surface area contributed by atoms with Crippen LogP contribution in [-0.4, -0.2) is 65.8 Å². The summed E-state index contributed by atoms with van der Waals surface area (Å²) >= 11 is 1.77. The highest BCUT2D eigenvalue weighted by Crippen LogP contribution is 2.38. The molecule has 1 aromatic heterocycles. The molecule has 5 nitrogen and oxygen atoms in total. The van der Waals surface area contributed by atoms with Crippen LogP contribution < -0.4 is 0 Å². The molecule has 2 aliphatic heterocycles. The molecule has 194 valence electrons. The number of piperazine rings is 1. The minimum absolute atomic E-state index is 0.0268. The maximum atomic E-state index is 13.3. The summed E-state index contributed by atoms with van der Waals surface area (Å²) in [4.78, 5) is 33.1. The number of hydrogen-bond acceptors (Lipinski definition) is 4. The van der Waals surface area contributed by atoms with Crippen molar-refractivity contribution >= 4 is 23.2 Å². The van der Waals surface area contributed by atoms with Crippen molar-refractivity contribution in [2.24, 2.45) is 0 Å². The van der Waals surface area contributed by atoms with Crippen LogP contribution in [0.25, 0.3) is 0 Å². The van der Waals surface area contributed by atoms with Crippen LogP contribution in [0.4, 0.5) is 13.2 Å². The highest BCUT2D eigenvalue weighted by molar-refractivity contribution is 7.10. The van der Waals surface area contributed by atoms with Gasteiger partial charge in [0.05, 0.1) is 18.2 Å². The van der Waals surface area contributed by atoms with Crippen LogP contribution in [0.5, 0.6) is 0 Å². The van der Waals surface area contributed by atoms with Crippen molar-refractivity contribution in [2.45, 2.75) is 25.6 Å². The van der Waals surface area contributed by atoms with Gasteiger partial charge in [-0.3, -0.25) is 14.5 Å². The average molecular weight is 528 g/mol. The number of fused-ring (bicyclic) bond motifs is 1. The van der Waals surface area contributed by atoms with Gasteiger partial charge in [0.2, 0.25) is 5.91 Å². The van der Waals surface area contributed by atoms with Crippen molar-refractivity contribution in [3.05, 3.63) is 92.7 Å². The van der Waals surface area contributed by atoms with E-state index in [1.165, 1.54) is 33.7 Å². The first kappa shape index (κ1) is 25.5. The number of thiophene rings is 1. The molecule has 37 heavy (non-hydrogen) atoms. The predicted octanol–water partition coefficient (Wildman–Crippen LogP) is 5.01. The van der Waals surface area contributed by atoms with Crippen molar-refractivity contribution in [2.75, 3.05) is 39.3 Å². The molecule has 1 unspecified atom stereocenters. The summed E-state index contributed by atoms with van der Waals surface area (Å²) in [5.41, 5.74) is 3.11. The van der Waals surface area contributed by atoms with Gasteiger partial charge in [-0.05, 0) is 65.7 Å². The molecule has 1 saturated heterocycles. The van der Waals surface area contributed by atoms with Gasteiger partial charge in [-0.15, -0.1) is 11.3 Å². The van der Waals surface area contributed by atoms with Gasteiger partial charge in [-0.25, -0.2) is 0 Å². The Morgan fingerprint density at radius 3 is 2.24 bits per heavy atom. The zero-order valence-corrected chi connectivity index (χ0v) is 21.3. The van der Waals surface area contributed by atoms with E-state index in [0.717, 1.165) is 25.1 Å². The van der Waals surface area contributed by atoms with Gasteiger partial charge < -0.3 is 9.80 Å². The second-order valence-corrected chi connectivity index (χ2v) is 10.5. The van der Waals surface area contributed by atoms with Gasteiger partial charge in [0.15, 0.2) is 0 Å². The van der Waals surface area contributed by atoms with Gasteiger partial charge in [0.25, 0.3) is 5.91 Å². The summed E-state index contributed by atoms with van der Waals surface area (Å²) in [6, 6.07) is 14.8. The van der Waals surface area contributed by atoms with Crippen molar-refractivity contribution in [3.8, 4) is 0 Å². The lowest BCUT2D eigenvalue weighted by Gasteiger charge is -2.39. The SMILES string of the molecule is Cc1ccccc1C1c2ccsc2CCN1CC(=O)N1CCN(C(=O)c2ccc(C(F)(F)F)cc2)CC1. The number of aryl methyl sites for hydroxylation is 1. The molecule has 1 atom stereocenters. The lowest BCUT2D eigenvalue weighted by atomic mass is 9.90. The third kappa shape index (κ3) is 5.29. The van der Waals surface area contributed by atoms with Crippen LogP contribution in [0.3, 0.4) is 0 Å². The van der Waals surface area contributed by atoms with Crippen LogP contribution in [0, 0.1) is 6.92 Å². The fourth-order valence-corrected chi connectivity index (χ4v) is 6.12. The van der Waals surface area contributed by atoms with Crippen LogP contribution in [0.1, 0.15) is 43.5 Å². The molecule has 0 N–H and O–H groups in total. The quantitative estimate of drug-likeness (QED) is 0.479. The normalized spacial score (nSPS) is 18.5. The van der Waals surface area contributed by atoms with Gasteiger partial charge in [0, 0.05) is 43.2 Å². The molecule has 2 aliphatic rings. The van der Waals surface area contributed by atoms with Gasteiger partial charge in [-0.2, -0.15) is 13.2 Å². The summed E-state index contributed by atoms with van der Waals surface area (Å²) < 4.78 is 38.5. The fraction of sp³-hybridized carbons (Fsp3) is 0.357. The maximum Gasteiger partial charge on any atom is 0.416 e. The first-order valence-corrected chi connectivity index (χ1v) is 13.2. The predicted molar refractivity (Wildman–Crippen MR) is 137 cm³/mol. The molecule has 3 heterocycles. The van der Waals surface area contributed by atoms with Crippen LogP contribution >= 0.6 is 11.3 Å². The van der Waals surface area contributed by atoms with E-state index >= 15 is 0 Å². The Hall–Kier alpha value is -3.17. The number of hydrogen-bond donors (Lipinski definition) is 0. The number of carbonyl (C=O) groups is 2. The Labute approximate surface area is 218 Å². The highest BCUT2D eigenvalue weighted by Gasteiger charge is 2.34. The van der Waals surface area contributed by atoms with Crippen LogP contribution in [0.2, 0.25) is 0 Å². The number of halogens is 3. The second-order valence-electron chi connectivity index (χ2n) is 9.53. The largest absolute Gasteiger partial charge is 0.416 e. The Balaban J connectivity index is 1.23. The molecule has 0 saturated carbocycles. The van der Waals surface area contributed by atoms with Gasteiger partial charge in [0.1, 0.15) is 0 Å². The van der Waals surface area contributed by atoms with Crippen molar-refractivity contribution in [1.82, 2.24) is 14.7 Å². The van der Waals surface area contributed by atoms with Crippen molar-refractivity contribution < 1.29 is 22.8 Å². The molecular weight excluding hydrogens is 499 g/mol. The van der Waals surface area contributed by atoms with Gasteiger partial charge in [-0.1, -0.05) is 24.3 Å². The standard InChI is InChI=1S/C28H28F3N3O2S/c1-19-4-2-3-5-22(19)26-23-11-17-37-24(23)10-12-34(26)18-25(35)32-13-15-33(16-14-32)27(36)20-6-8-21(9-7-20)28(29,30)31/h2-9,11,17,26H,10,12-16,18H2,1H3. The minimum Gasteiger partial charge on any atom is -0.338 e. The zero-order chi connectivity index (χ0) is 26.2. The molecule has 0 radical (unpaired) electrons. The van der Waals surface area contributed by atoms with E-state index in [4.69, 9.17) is 0 Å². The molecule has 2 aromatic carbocycles. The lowest BCUT2D eigenvalue weighted by molar-refractivity contribution is -0.137.